The maximum absolute atomic E-state index is 12.8. The molecule has 1 amide bonds. The lowest BCUT2D eigenvalue weighted by Crippen LogP contribution is -2.36. The van der Waals surface area contributed by atoms with Crippen molar-refractivity contribution in [1.82, 2.24) is 10.6 Å². The molecule has 3 aliphatic rings. The summed E-state index contributed by atoms with van der Waals surface area (Å²) in [6.45, 7) is 4.39. The van der Waals surface area contributed by atoms with Gasteiger partial charge < -0.3 is 10.6 Å². The van der Waals surface area contributed by atoms with Crippen LogP contribution in [-0.4, -0.2) is 19.0 Å². The molecule has 1 saturated heterocycles. The van der Waals surface area contributed by atoms with Crippen LogP contribution in [0.25, 0.3) is 0 Å². The molecule has 1 heterocycles. The van der Waals surface area contributed by atoms with Crippen LogP contribution in [0, 0.1) is 23.2 Å². The second kappa shape index (κ2) is 5.78. The number of nitrogens with one attached hydrogen (secondary N) is 2. The van der Waals surface area contributed by atoms with Gasteiger partial charge in [-0.2, -0.15) is 0 Å². The third-order valence-electron chi connectivity index (χ3n) is 6.23. The van der Waals surface area contributed by atoms with E-state index < -0.39 is 0 Å². The Bertz CT molecular complexity index is 594. The lowest BCUT2D eigenvalue weighted by atomic mass is 9.91. The van der Waals surface area contributed by atoms with Gasteiger partial charge in [-0.05, 0) is 73.7 Å². The van der Waals surface area contributed by atoms with Crippen LogP contribution in [0.15, 0.2) is 24.3 Å². The van der Waals surface area contributed by atoms with Crippen molar-refractivity contribution in [1.29, 1.82) is 0 Å². The van der Waals surface area contributed by atoms with E-state index in [0.29, 0.717) is 17.3 Å². The van der Waals surface area contributed by atoms with Crippen molar-refractivity contribution in [2.75, 3.05) is 13.1 Å². The van der Waals surface area contributed by atoms with Gasteiger partial charge in [0.05, 0.1) is 6.04 Å². The number of hydrogen-bond donors (Lipinski definition) is 2. The summed E-state index contributed by atoms with van der Waals surface area (Å²) in [4.78, 5) is 12.8. The standard InChI is InChI=1S/C19H25ClN2O/c1-12-10-15(12)17(13-2-4-14(20)5-3-13)22-18(23)16-11-19(16)6-8-21-9-7-19/h2-5,12,15-17,21H,6-11H2,1H3,(H,22,23). The fourth-order valence-corrected chi connectivity index (χ4v) is 4.50. The monoisotopic (exact) mass is 332 g/mol. The Morgan fingerprint density at radius 1 is 1.30 bits per heavy atom. The van der Waals surface area contributed by atoms with Gasteiger partial charge in [0.2, 0.25) is 5.91 Å². The summed E-state index contributed by atoms with van der Waals surface area (Å²) in [5.74, 6) is 1.77. The highest BCUT2D eigenvalue weighted by Crippen LogP contribution is 2.59. The van der Waals surface area contributed by atoms with Crippen molar-refractivity contribution >= 4 is 17.5 Å². The Kier molecular flexibility index (Phi) is 3.89. The zero-order chi connectivity index (χ0) is 16.0. The number of benzene rings is 1. The van der Waals surface area contributed by atoms with E-state index >= 15 is 0 Å². The number of rotatable bonds is 4. The lowest BCUT2D eigenvalue weighted by Gasteiger charge is -2.25. The summed E-state index contributed by atoms with van der Waals surface area (Å²) in [6, 6.07) is 8.12. The van der Waals surface area contributed by atoms with Crippen LogP contribution < -0.4 is 10.6 Å². The third kappa shape index (κ3) is 3.01. The maximum Gasteiger partial charge on any atom is 0.224 e. The highest BCUT2D eigenvalue weighted by molar-refractivity contribution is 6.30. The van der Waals surface area contributed by atoms with Crippen molar-refractivity contribution in [3.05, 3.63) is 34.9 Å². The molecule has 1 aromatic carbocycles. The van der Waals surface area contributed by atoms with Gasteiger partial charge in [0.25, 0.3) is 0 Å². The molecule has 1 aromatic rings. The first-order valence-electron chi connectivity index (χ1n) is 8.86. The first kappa shape index (κ1) is 15.5. The molecule has 0 radical (unpaired) electrons. The van der Waals surface area contributed by atoms with E-state index in [4.69, 9.17) is 11.6 Å². The third-order valence-corrected chi connectivity index (χ3v) is 6.48. The fraction of sp³-hybridized carbons (Fsp3) is 0.632. The van der Waals surface area contributed by atoms with Gasteiger partial charge in [-0.25, -0.2) is 0 Å². The molecule has 3 fully saturated rings. The molecule has 2 saturated carbocycles. The van der Waals surface area contributed by atoms with Crippen molar-refractivity contribution < 1.29 is 4.79 Å². The largest absolute Gasteiger partial charge is 0.349 e. The van der Waals surface area contributed by atoms with Crippen molar-refractivity contribution in [3.63, 3.8) is 0 Å². The quantitative estimate of drug-likeness (QED) is 0.885. The van der Waals surface area contributed by atoms with Crippen LogP contribution in [0.2, 0.25) is 5.02 Å². The summed E-state index contributed by atoms with van der Waals surface area (Å²) in [5, 5.41) is 7.53. The van der Waals surface area contributed by atoms with E-state index in [1.807, 2.05) is 12.1 Å². The number of piperidine rings is 1. The minimum absolute atomic E-state index is 0.147. The van der Waals surface area contributed by atoms with Crippen LogP contribution in [-0.2, 0) is 4.79 Å². The Morgan fingerprint density at radius 2 is 1.96 bits per heavy atom. The lowest BCUT2D eigenvalue weighted by molar-refractivity contribution is -0.124. The average molecular weight is 333 g/mol. The Morgan fingerprint density at radius 3 is 2.57 bits per heavy atom. The highest BCUT2D eigenvalue weighted by atomic mass is 35.5. The first-order valence-corrected chi connectivity index (χ1v) is 9.23. The zero-order valence-corrected chi connectivity index (χ0v) is 14.4. The summed E-state index contributed by atoms with van der Waals surface area (Å²) in [5.41, 5.74) is 1.49. The van der Waals surface area contributed by atoms with Gasteiger partial charge in [-0.1, -0.05) is 30.7 Å². The van der Waals surface area contributed by atoms with Crippen LogP contribution in [0.4, 0.5) is 0 Å². The van der Waals surface area contributed by atoms with E-state index in [-0.39, 0.29) is 17.9 Å². The summed E-state index contributed by atoms with van der Waals surface area (Å²) < 4.78 is 0. The molecule has 1 spiro atoms. The smallest absolute Gasteiger partial charge is 0.224 e. The number of carbonyl (C=O) groups excluding carboxylic acids is 1. The average Bonchev–Trinajstić information content (AvgIpc) is 3.45. The molecule has 4 atom stereocenters. The van der Waals surface area contributed by atoms with Crippen LogP contribution >= 0.6 is 11.6 Å². The van der Waals surface area contributed by atoms with Gasteiger partial charge in [0, 0.05) is 10.9 Å². The Hall–Kier alpha value is -1.06. The number of halogens is 1. The first-order chi connectivity index (χ1) is 11.1. The second-order valence-electron chi connectivity index (χ2n) is 7.78. The molecule has 23 heavy (non-hydrogen) atoms. The maximum atomic E-state index is 12.8. The predicted octanol–water partition coefficient (Wildman–Crippen LogP) is 3.54. The Labute approximate surface area is 143 Å². The number of carbonyl (C=O) groups is 1. The molecule has 2 aliphatic carbocycles. The number of hydrogen-bond acceptors (Lipinski definition) is 2. The normalized spacial score (nSPS) is 32.3. The van der Waals surface area contributed by atoms with E-state index in [1.165, 1.54) is 12.0 Å². The van der Waals surface area contributed by atoms with Crippen LogP contribution in [0.5, 0.6) is 0 Å². The second-order valence-corrected chi connectivity index (χ2v) is 8.22. The Balaban J connectivity index is 1.46. The molecule has 124 valence electrons. The molecular formula is C19H25ClN2O. The molecular weight excluding hydrogens is 308 g/mol. The number of amides is 1. The van der Waals surface area contributed by atoms with Crippen molar-refractivity contribution in [3.8, 4) is 0 Å². The molecule has 4 heteroatoms. The molecule has 2 N–H and O–H groups in total. The van der Waals surface area contributed by atoms with Crippen LogP contribution in [0.3, 0.4) is 0 Å². The molecule has 4 unspecified atom stereocenters. The molecule has 0 aromatic heterocycles. The summed E-state index contributed by atoms with van der Waals surface area (Å²) in [6.07, 6.45) is 4.58. The highest BCUT2D eigenvalue weighted by Gasteiger charge is 2.58. The molecule has 4 rings (SSSR count). The van der Waals surface area contributed by atoms with E-state index in [0.717, 1.165) is 37.4 Å². The van der Waals surface area contributed by atoms with Crippen LogP contribution in [0.1, 0.15) is 44.2 Å². The zero-order valence-electron chi connectivity index (χ0n) is 13.6. The molecule has 3 nitrogen and oxygen atoms in total. The van der Waals surface area contributed by atoms with E-state index in [2.05, 4.69) is 29.7 Å². The predicted molar refractivity (Wildman–Crippen MR) is 92.3 cm³/mol. The van der Waals surface area contributed by atoms with Gasteiger partial charge in [0.1, 0.15) is 0 Å². The van der Waals surface area contributed by atoms with E-state index in [1.54, 1.807) is 0 Å². The SMILES string of the molecule is CC1CC1C(NC(=O)C1CC12CCNCC2)c1ccc(Cl)cc1. The molecule has 1 aliphatic heterocycles. The van der Waals surface area contributed by atoms with Gasteiger partial charge >= 0.3 is 0 Å². The molecule has 0 bridgehead atoms. The van der Waals surface area contributed by atoms with Crippen molar-refractivity contribution in [2.24, 2.45) is 23.2 Å². The van der Waals surface area contributed by atoms with Gasteiger partial charge in [-0.3, -0.25) is 4.79 Å². The topological polar surface area (TPSA) is 41.1 Å². The van der Waals surface area contributed by atoms with Crippen molar-refractivity contribution in [2.45, 2.75) is 38.6 Å². The minimum Gasteiger partial charge on any atom is -0.349 e. The summed E-state index contributed by atoms with van der Waals surface area (Å²) >= 11 is 6.01. The fourth-order valence-electron chi connectivity index (χ4n) is 4.37. The van der Waals surface area contributed by atoms with Gasteiger partial charge in [0.15, 0.2) is 0 Å². The van der Waals surface area contributed by atoms with E-state index in [9.17, 15) is 4.79 Å². The summed E-state index contributed by atoms with van der Waals surface area (Å²) in [7, 11) is 0. The minimum atomic E-state index is 0.147. The van der Waals surface area contributed by atoms with Gasteiger partial charge in [-0.15, -0.1) is 0 Å².